The molecule has 0 aliphatic carbocycles. The Morgan fingerprint density at radius 1 is 1.21 bits per heavy atom. The van der Waals surface area contributed by atoms with Gasteiger partial charge in [0.2, 0.25) is 0 Å². The largest absolute Gasteiger partial charge is 0.349 e. The third-order valence-corrected chi connectivity index (χ3v) is 6.22. The van der Waals surface area contributed by atoms with Crippen molar-refractivity contribution in [2.24, 2.45) is 7.05 Å². The van der Waals surface area contributed by atoms with E-state index in [-0.39, 0.29) is 23.5 Å². The number of aryl methyl sites for hydroxylation is 3. The number of aromatic nitrogens is 6. The van der Waals surface area contributed by atoms with Crippen LogP contribution in [-0.2, 0) is 26.6 Å². The molecule has 0 spiro atoms. The molecule has 0 saturated carbocycles. The molecule has 0 fully saturated rings. The second kappa shape index (κ2) is 8.27. The van der Waals surface area contributed by atoms with Gasteiger partial charge in [-0.2, -0.15) is 5.10 Å². The number of fused-ring (bicyclic) bond motifs is 2. The Balaban J connectivity index is 1.29. The van der Waals surface area contributed by atoms with E-state index in [1.54, 1.807) is 29.0 Å². The summed E-state index contributed by atoms with van der Waals surface area (Å²) in [5.41, 5.74) is 2.36. The number of benzene rings is 1. The van der Waals surface area contributed by atoms with Gasteiger partial charge >= 0.3 is 5.69 Å². The zero-order chi connectivity index (χ0) is 23.1. The van der Waals surface area contributed by atoms with Gasteiger partial charge in [-0.3, -0.25) is 9.36 Å². The second-order valence-corrected chi connectivity index (χ2v) is 8.38. The van der Waals surface area contributed by atoms with Crippen molar-refractivity contribution >= 4 is 17.1 Å². The average molecular weight is 449 g/mol. The molecule has 4 aromatic rings. The maximum atomic E-state index is 13.1. The van der Waals surface area contributed by atoms with Crippen LogP contribution in [0.5, 0.6) is 0 Å². The summed E-state index contributed by atoms with van der Waals surface area (Å²) in [5, 5.41) is 7.59. The summed E-state index contributed by atoms with van der Waals surface area (Å²) in [4.78, 5) is 34.7. The number of hydrogen-bond donors (Lipinski definition) is 1. The van der Waals surface area contributed by atoms with Gasteiger partial charge in [-0.25, -0.2) is 23.8 Å². The van der Waals surface area contributed by atoms with Crippen LogP contribution in [0.1, 0.15) is 40.4 Å². The van der Waals surface area contributed by atoms with E-state index >= 15 is 0 Å². The zero-order valence-electron chi connectivity index (χ0n) is 18.5. The molecule has 10 heteroatoms. The average Bonchev–Trinajstić information content (AvgIpc) is 3.17. The van der Waals surface area contributed by atoms with Crippen molar-refractivity contribution in [2.45, 2.75) is 45.3 Å². The number of pyridine rings is 1. The highest BCUT2D eigenvalue weighted by Gasteiger charge is 2.24. The fourth-order valence-electron chi connectivity index (χ4n) is 4.27. The van der Waals surface area contributed by atoms with E-state index in [0.717, 1.165) is 11.4 Å². The maximum Gasteiger partial charge on any atom is 0.346 e. The number of carbonyl (C=O) groups excluding carboxylic acids is 1. The first-order valence-electron chi connectivity index (χ1n) is 10.9. The smallest absolute Gasteiger partial charge is 0.346 e. The molecule has 1 N–H and O–H groups in total. The van der Waals surface area contributed by atoms with Crippen molar-refractivity contribution in [3.05, 3.63) is 75.6 Å². The second-order valence-electron chi connectivity index (χ2n) is 8.38. The fourth-order valence-corrected chi connectivity index (χ4v) is 4.27. The van der Waals surface area contributed by atoms with Crippen LogP contribution < -0.4 is 11.0 Å². The van der Waals surface area contributed by atoms with Crippen molar-refractivity contribution < 1.29 is 9.18 Å². The van der Waals surface area contributed by atoms with Gasteiger partial charge in [0.05, 0.1) is 12.1 Å². The first-order chi connectivity index (χ1) is 15.9. The number of imidazole rings is 1. The Kier molecular flexibility index (Phi) is 5.27. The van der Waals surface area contributed by atoms with Crippen molar-refractivity contribution in [3.63, 3.8) is 0 Å². The molecule has 1 aliphatic rings. The maximum absolute atomic E-state index is 13.1. The number of rotatable bonds is 4. The van der Waals surface area contributed by atoms with Crippen molar-refractivity contribution in [1.29, 1.82) is 0 Å². The molecule has 0 bridgehead atoms. The van der Waals surface area contributed by atoms with Gasteiger partial charge in [-0.1, -0.05) is 12.1 Å². The van der Waals surface area contributed by atoms with E-state index in [0.29, 0.717) is 54.9 Å². The van der Waals surface area contributed by atoms with Crippen molar-refractivity contribution in [2.75, 3.05) is 0 Å². The van der Waals surface area contributed by atoms with Crippen molar-refractivity contribution in [1.82, 2.24) is 34.2 Å². The minimum absolute atomic E-state index is 0.0860. The minimum atomic E-state index is -0.314. The molecule has 5 rings (SSSR count). The van der Waals surface area contributed by atoms with E-state index in [4.69, 9.17) is 0 Å². The van der Waals surface area contributed by atoms with Crippen LogP contribution in [0, 0.1) is 12.7 Å². The molecule has 1 atom stereocenters. The first kappa shape index (κ1) is 21.0. The SMILES string of the molecule is Cc1nc2c(C(=O)NC3CCc4nn(Cc5ccc(F)cc5)c(=O)n4CC3)ccnc2n1C. The lowest BCUT2D eigenvalue weighted by Crippen LogP contribution is -2.36. The quantitative estimate of drug-likeness (QED) is 0.514. The molecular formula is C23H24FN7O2. The van der Waals surface area contributed by atoms with Crippen LogP contribution >= 0.6 is 0 Å². The zero-order valence-corrected chi connectivity index (χ0v) is 18.5. The van der Waals surface area contributed by atoms with E-state index in [1.165, 1.54) is 16.8 Å². The predicted molar refractivity (Wildman–Crippen MR) is 119 cm³/mol. The topological polar surface area (TPSA) is 99.6 Å². The third-order valence-electron chi connectivity index (χ3n) is 6.22. The van der Waals surface area contributed by atoms with E-state index < -0.39 is 0 Å². The Hall–Kier alpha value is -3.82. The normalized spacial score (nSPS) is 15.9. The Morgan fingerprint density at radius 3 is 2.79 bits per heavy atom. The summed E-state index contributed by atoms with van der Waals surface area (Å²) in [5.74, 6) is 0.976. The molecule has 33 heavy (non-hydrogen) atoms. The summed E-state index contributed by atoms with van der Waals surface area (Å²) < 4.78 is 18.1. The van der Waals surface area contributed by atoms with Gasteiger partial charge in [0, 0.05) is 32.3 Å². The monoisotopic (exact) mass is 449 g/mol. The van der Waals surface area contributed by atoms with Crippen LogP contribution in [-0.4, -0.2) is 40.8 Å². The molecule has 9 nitrogen and oxygen atoms in total. The third kappa shape index (κ3) is 3.92. The summed E-state index contributed by atoms with van der Waals surface area (Å²) in [6.07, 6.45) is 3.49. The molecule has 170 valence electrons. The molecule has 0 saturated heterocycles. The van der Waals surface area contributed by atoms with Gasteiger partial charge in [0.25, 0.3) is 5.91 Å². The summed E-state index contributed by atoms with van der Waals surface area (Å²) >= 11 is 0. The van der Waals surface area contributed by atoms with Crippen LogP contribution in [0.25, 0.3) is 11.2 Å². The highest BCUT2D eigenvalue weighted by atomic mass is 19.1. The molecule has 3 aromatic heterocycles. The highest BCUT2D eigenvalue weighted by Crippen LogP contribution is 2.18. The van der Waals surface area contributed by atoms with Crippen LogP contribution in [0.2, 0.25) is 0 Å². The highest BCUT2D eigenvalue weighted by molar-refractivity contribution is 6.04. The number of carbonyl (C=O) groups is 1. The van der Waals surface area contributed by atoms with Gasteiger partial charge in [0.15, 0.2) is 5.65 Å². The molecule has 1 aromatic carbocycles. The van der Waals surface area contributed by atoms with Crippen LogP contribution in [0.15, 0.2) is 41.3 Å². The van der Waals surface area contributed by atoms with Crippen LogP contribution in [0.4, 0.5) is 4.39 Å². The summed E-state index contributed by atoms with van der Waals surface area (Å²) in [7, 11) is 1.87. The van der Waals surface area contributed by atoms with Crippen LogP contribution in [0.3, 0.4) is 0 Å². The Labute approximate surface area is 188 Å². The molecule has 4 heterocycles. The number of halogens is 1. The van der Waals surface area contributed by atoms with Gasteiger partial charge in [-0.15, -0.1) is 0 Å². The van der Waals surface area contributed by atoms with Crippen molar-refractivity contribution in [3.8, 4) is 0 Å². The lowest BCUT2D eigenvalue weighted by atomic mass is 10.1. The van der Waals surface area contributed by atoms with Gasteiger partial charge in [0.1, 0.15) is 23.0 Å². The standard InChI is InChI=1S/C23H24FN7O2/c1-14-26-20-18(9-11-25-21(20)29(14)2)22(32)27-17-7-8-19-28-31(23(33)30(19)12-10-17)13-15-3-5-16(24)6-4-15/h3-6,9,11,17H,7-8,10,12-13H2,1-2H3,(H,27,32). The molecule has 1 amide bonds. The number of nitrogens with zero attached hydrogens (tertiary/aromatic N) is 6. The summed E-state index contributed by atoms with van der Waals surface area (Å²) in [6.45, 7) is 2.64. The molecular weight excluding hydrogens is 425 g/mol. The lowest BCUT2D eigenvalue weighted by Gasteiger charge is -2.16. The minimum Gasteiger partial charge on any atom is -0.349 e. The van der Waals surface area contributed by atoms with E-state index in [9.17, 15) is 14.0 Å². The summed E-state index contributed by atoms with van der Waals surface area (Å²) in [6, 6.07) is 7.64. The predicted octanol–water partition coefficient (Wildman–Crippen LogP) is 1.96. The number of nitrogens with one attached hydrogen (secondary N) is 1. The lowest BCUT2D eigenvalue weighted by molar-refractivity contribution is 0.0934. The Bertz CT molecular complexity index is 1400. The Morgan fingerprint density at radius 2 is 2.00 bits per heavy atom. The molecule has 0 radical (unpaired) electrons. The van der Waals surface area contributed by atoms with E-state index in [1.807, 2.05) is 18.5 Å². The number of hydrogen-bond acceptors (Lipinski definition) is 5. The molecule has 1 unspecified atom stereocenters. The first-order valence-corrected chi connectivity index (χ1v) is 10.9. The van der Waals surface area contributed by atoms with Gasteiger partial charge < -0.3 is 9.88 Å². The van der Waals surface area contributed by atoms with E-state index in [2.05, 4.69) is 20.4 Å². The van der Waals surface area contributed by atoms with Gasteiger partial charge in [-0.05, 0) is 43.5 Å². The molecule has 1 aliphatic heterocycles. The number of amides is 1. The fraction of sp³-hybridized carbons (Fsp3) is 0.348.